The Morgan fingerprint density at radius 2 is 2.06 bits per heavy atom. The quantitative estimate of drug-likeness (QED) is 0.563. The van der Waals surface area contributed by atoms with Gasteiger partial charge in [0.2, 0.25) is 0 Å². The van der Waals surface area contributed by atoms with Crippen LogP contribution >= 0.6 is 0 Å². The predicted molar refractivity (Wildman–Crippen MR) is 67.1 cm³/mol. The Kier molecular flexibility index (Phi) is 3.05. The van der Waals surface area contributed by atoms with E-state index >= 15 is 0 Å². The Morgan fingerprint density at radius 1 is 1.31 bits per heavy atom. The number of allylic oxidation sites excluding steroid dienone is 4. The Labute approximate surface area is 98.6 Å². The monoisotopic (exact) mass is 218 g/mol. The van der Waals surface area contributed by atoms with Gasteiger partial charge in [0.25, 0.3) is 0 Å². The van der Waals surface area contributed by atoms with Crippen molar-refractivity contribution in [2.75, 3.05) is 0 Å². The van der Waals surface area contributed by atoms with E-state index in [9.17, 15) is 4.79 Å². The van der Waals surface area contributed by atoms with Gasteiger partial charge in [0.1, 0.15) is 0 Å². The SMILES string of the molecule is C/C1=C/CCC(=O)C=C[C@H]2[C@@H](CC1)C2(C)C. The average Bonchev–Trinajstić information content (AvgIpc) is 2.74. The number of rotatable bonds is 0. The first kappa shape index (κ1) is 11.6. The van der Waals surface area contributed by atoms with Crippen molar-refractivity contribution < 1.29 is 4.79 Å². The van der Waals surface area contributed by atoms with Crippen molar-refractivity contribution in [3.63, 3.8) is 0 Å². The summed E-state index contributed by atoms with van der Waals surface area (Å²) in [5, 5.41) is 0. The lowest BCUT2D eigenvalue weighted by Gasteiger charge is -2.03. The molecule has 1 saturated carbocycles. The maximum atomic E-state index is 11.6. The third kappa shape index (κ3) is 2.28. The van der Waals surface area contributed by atoms with Crippen molar-refractivity contribution >= 4 is 5.78 Å². The second-order valence-corrected chi connectivity index (χ2v) is 5.91. The van der Waals surface area contributed by atoms with Gasteiger partial charge in [-0.2, -0.15) is 0 Å². The van der Waals surface area contributed by atoms with Crippen molar-refractivity contribution in [1.82, 2.24) is 0 Å². The summed E-state index contributed by atoms with van der Waals surface area (Å²) in [6, 6.07) is 0. The van der Waals surface area contributed by atoms with Crippen LogP contribution in [0, 0.1) is 17.3 Å². The van der Waals surface area contributed by atoms with Gasteiger partial charge in [-0.25, -0.2) is 0 Å². The van der Waals surface area contributed by atoms with Crippen LogP contribution in [0.4, 0.5) is 0 Å². The molecule has 0 aliphatic heterocycles. The summed E-state index contributed by atoms with van der Waals surface area (Å²) < 4.78 is 0. The molecule has 0 spiro atoms. The highest BCUT2D eigenvalue weighted by Crippen LogP contribution is 2.61. The minimum absolute atomic E-state index is 0.285. The van der Waals surface area contributed by atoms with Gasteiger partial charge in [0.15, 0.2) is 5.78 Å². The van der Waals surface area contributed by atoms with Crippen LogP contribution in [-0.4, -0.2) is 5.78 Å². The molecule has 0 amide bonds. The third-order valence-corrected chi connectivity index (χ3v) is 4.36. The first-order valence-electron chi connectivity index (χ1n) is 6.38. The van der Waals surface area contributed by atoms with E-state index in [1.807, 2.05) is 6.08 Å². The maximum absolute atomic E-state index is 11.6. The number of hydrogen-bond acceptors (Lipinski definition) is 1. The molecule has 0 aromatic carbocycles. The van der Waals surface area contributed by atoms with Gasteiger partial charge >= 0.3 is 0 Å². The zero-order valence-corrected chi connectivity index (χ0v) is 10.6. The van der Waals surface area contributed by atoms with Crippen LogP contribution in [0.1, 0.15) is 46.5 Å². The summed E-state index contributed by atoms with van der Waals surface area (Å²) in [5.41, 5.74) is 1.87. The molecule has 1 nitrogen and oxygen atoms in total. The topological polar surface area (TPSA) is 17.1 Å². The van der Waals surface area contributed by atoms with Gasteiger partial charge in [0, 0.05) is 6.42 Å². The summed E-state index contributed by atoms with van der Waals surface area (Å²) in [4.78, 5) is 11.6. The summed E-state index contributed by atoms with van der Waals surface area (Å²) in [7, 11) is 0. The molecule has 0 saturated heterocycles. The van der Waals surface area contributed by atoms with Crippen LogP contribution in [0.2, 0.25) is 0 Å². The molecule has 0 N–H and O–H groups in total. The maximum Gasteiger partial charge on any atom is 0.155 e. The molecule has 88 valence electrons. The molecule has 16 heavy (non-hydrogen) atoms. The van der Waals surface area contributed by atoms with Gasteiger partial charge in [-0.3, -0.25) is 4.79 Å². The molecule has 2 aliphatic rings. The van der Waals surface area contributed by atoms with Crippen LogP contribution in [0.25, 0.3) is 0 Å². The van der Waals surface area contributed by atoms with Crippen LogP contribution in [0.3, 0.4) is 0 Å². The molecule has 2 atom stereocenters. The van der Waals surface area contributed by atoms with E-state index in [-0.39, 0.29) is 5.78 Å². The minimum Gasteiger partial charge on any atom is -0.295 e. The Hall–Kier alpha value is -0.850. The van der Waals surface area contributed by atoms with Gasteiger partial charge in [-0.05, 0) is 49.5 Å². The van der Waals surface area contributed by atoms with Gasteiger partial charge in [0.05, 0.1) is 0 Å². The van der Waals surface area contributed by atoms with E-state index in [1.165, 1.54) is 18.4 Å². The zero-order valence-electron chi connectivity index (χ0n) is 10.6. The molecule has 2 rings (SSSR count). The van der Waals surface area contributed by atoms with Crippen molar-refractivity contribution in [3.05, 3.63) is 23.8 Å². The Morgan fingerprint density at radius 3 is 2.81 bits per heavy atom. The molecular weight excluding hydrogens is 196 g/mol. The minimum atomic E-state index is 0.285. The van der Waals surface area contributed by atoms with Gasteiger partial charge in [-0.1, -0.05) is 31.6 Å². The number of carbonyl (C=O) groups excluding carboxylic acids is 1. The second kappa shape index (κ2) is 4.20. The van der Waals surface area contributed by atoms with Crippen molar-refractivity contribution in [2.45, 2.75) is 46.5 Å². The number of ketones is 1. The summed E-state index contributed by atoms with van der Waals surface area (Å²) in [6.07, 6.45) is 10.3. The molecule has 1 fully saturated rings. The summed E-state index contributed by atoms with van der Waals surface area (Å²) in [5.74, 6) is 1.69. The van der Waals surface area contributed by atoms with Crippen LogP contribution < -0.4 is 0 Å². The summed E-state index contributed by atoms with van der Waals surface area (Å²) in [6.45, 7) is 6.84. The third-order valence-electron chi connectivity index (χ3n) is 4.36. The predicted octanol–water partition coefficient (Wildman–Crippen LogP) is 3.90. The fourth-order valence-corrected chi connectivity index (χ4v) is 2.96. The lowest BCUT2D eigenvalue weighted by Crippen LogP contribution is -1.94. The highest BCUT2D eigenvalue weighted by Gasteiger charge is 2.55. The number of hydrogen-bond donors (Lipinski definition) is 0. The molecular formula is C15H22O. The summed E-state index contributed by atoms with van der Waals surface area (Å²) >= 11 is 0. The average molecular weight is 218 g/mol. The molecule has 1 heteroatoms. The van der Waals surface area contributed by atoms with E-state index in [0.29, 0.717) is 17.8 Å². The lowest BCUT2D eigenvalue weighted by atomic mass is 10.0. The van der Waals surface area contributed by atoms with Gasteiger partial charge in [-0.15, -0.1) is 0 Å². The number of carbonyl (C=O) groups is 1. The molecule has 0 aromatic rings. The van der Waals surface area contributed by atoms with E-state index in [1.54, 1.807) is 0 Å². The largest absolute Gasteiger partial charge is 0.295 e. The number of fused-ring (bicyclic) bond motifs is 1. The van der Waals surface area contributed by atoms with Crippen LogP contribution in [-0.2, 0) is 4.79 Å². The van der Waals surface area contributed by atoms with Crippen molar-refractivity contribution in [3.8, 4) is 0 Å². The fourth-order valence-electron chi connectivity index (χ4n) is 2.96. The molecule has 2 aliphatic carbocycles. The molecule has 0 radical (unpaired) electrons. The highest BCUT2D eigenvalue weighted by atomic mass is 16.1. The Bertz CT molecular complexity index is 346. The van der Waals surface area contributed by atoms with E-state index < -0.39 is 0 Å². The zero-order chi connectivity index (χ0) is 11.8. The van der Waals surface area contributed by atoms with E-state index in [0.717, 1.165) is 12.3 Å². The molecule has 0 heterocycles. The standard InChI is InChI=1S/C15H22O/c1-11-5-4-6-12(16)8-10-14-13(9-7-11)15(14,2)3/h5,8,10,13-14H,4,6-7,9H2,1-3H3/b10-8?,11-5-/t13-,14+/m1/s1. The van der Waals surface area contributed by atoms with Gasteiger partial charge < -0.3 is 0 Å². The van der Waals surface area contributed by atoms with Crippen LogP contribution in [0.15, 0.2) is 23.8 Å². The lowest BCUT2D eigenvalue weighted by molar-refractivity contribution is -0.114. The Balaban J connectivity index is 2.11. The fraction of sp³-hybridized carbons (Fsp3) is 0.667. The molecule has 0 unspecified atom stereocenters. The highest BCUT2D eigenvalue weighted by molar-refractivity contribution is 5.89. The smallest absolute Gasteiger partial charge is 0.155 e. The first-order valence-corrected chi connectivity index (χ1v) is 6.38. The van der Waals surface area contributed by atoms with Crippen LogP contribution in [0.5, 0.6) is 0 Å². The first-order chi connectivity index (χ1) is 7.51. The molecule has 0 bridgehead atoms. The normalized spacial score (nSPS) is 36.9. The van der Waals surface area contributed by atoms with E-state index in [2.05, 4.69) is 32.9 Å². The second-order valence-electron chi connectivity index (χ2n) is 5.91. The van der Waals surface area contributed by atoms with E-state index in [4.69, 9.17) is 0 Å². The molecule has 0 aromatic heterocycles. The van der Waals surface area contributed by atoms with Crippen molar-refractivity contribution in [1.29, 1.82) is 0 Å². The van der Waals surface area contributed by atoms with Crippen molar-refractivity contribution in [2.24, 2.45) is 17.3 Å².